The number of fused-ring (bicyclic) bond motifs is 1. The molecule has 160 valence electrons. The molecule has 0 spiro atoms. The molecule has 6 nitrogen and oxygen atoms in total. The fourth-order valence-corrected chi connectivity index (χ4v) is 3.14. The number of ketones is 1. The Morgan fingerprint density at radius 2 is 1.52 bits per heavy atom. The number of ether oxygens (including phenoxy) is 2. The van der Waals surface area contributed by atoms with Crippen LogP contribution in [0.2, 0.25) is 0 Å². The molecule has 0 heterocycles. The highest BCUT2D eigenvalue weighted by atomic mass is 16.5. The molecule has 31 heavy (non-hydrogen) atoms. The van der Waals surface area contributed by atoms with E-state index in [2.05, 4.69) is 5.32 Å². The van der Waals surface area contributed by atoms with Crippen LogP contribution >= 0.6 is 0 Å². The maximum Gasteiger partial charge on any atom is 0.313 e. The van der Waals surface area contributed by atoms with Crippen LogP contribution in [0.1, 0.15) is 42.6 Å². The maximum absolute atomic E-state index is 12.6. The number of anilines is 1. The van der Waals surface area contributed by atoms with E-state index >= 15 is 0 Å². The van der Waals surface area contributed by atoms with Crippen molar-refractivity contribution < 1.29 is 23.9 Å². The minimum atomic E-state index is -0.966. The molecule has 0 unspecified atom stereocenters. The number of hydrogen-bond donors (Lipinski definition) is 1. The lowest BCUT2D eigenvalue weighted by atomic mass is 9.98. The Balaban J connectivity index is 1.63. The highest BCUT2D eigenvalue weighted by molar-refractivity contribution is 5.97. The van der Waals surface area contributed by atoms with E-state index < -0.39 is 23.9 Å². The summed E-state index contributed by atoms with van der Waals surface area (Å²) in [7, 11) is 1.62. The fraction of sp³-hybridized carbons (Fsp3) is 0.240. The molecule has 0 fully saturated rings. The zero-order valence-corrected chi connectivity index (χ0v) is 18.0. The van der Waals surface area contributed by atoms with Gasteiger partial charge >= 0.3 is 5.97 Å². The van der Waals surface area contributed by atoms with Crippen molar-refractivity contribution in [1.29, 1.82) is 0 Å². The second-order valence-corrected chi connectivity index (χ2v) is 7.40. The number of carbonyl (C=O) groups excluding carboxylic acids is 3. The van der Waals surface area contributed by atoms with Crippen LogP contribution in [0.5, 0.6) is 5.75 Å². The molecule has 0 aliphatic heterocycles. The molecule has 0 saturated heterocycles. The molecule has 3 aromatic carbocycles. The van der Waals surface area contributed by atoms with Crippen molar-refractivity contribution >= 4 is 34.1 Å². The number of Topliss-reactive ketones (excluding diaryl/α,β-unsaturated/α-hetero) is 1. The van der Waals surface area contributed by atoms with E-state index in [1.54, 1.807) is 38.3 Å². The van der Waals surface area contributed by atoms with Crippen LogP contribution < -0.4 is 10.1 Å². The van der Waals surface area contributed by atoms with Crippen molar-refractivity contribution in [3.05, 3.63) is 71.8 Å². The van der Waals surface area contributed by atoms with Gasteiger partial charge < -0.3 is 14.8 Å². The number of benzene rings is 3. The minimum absolute atomic E-state index is 0.0537. The normalized spacial score (nSPS) is 12.6. The van der Waals surface area contributed by atoms with Crippen molar-refractivity contribution in [2.45, 2.75) is 32.8 Å². The van der Waals surface area contributed by atoms with Gasteiger partial charge in [0, 0.05) is 11.3 Å². The van der Waals surface area contributed by atoms with Gasteiger partial charge in [0.1, 0.15) is 5.75 Å². The quantitative estimate of drug-likeness (QED) is 0.442. The van der Waals surface area contributed by atoms with Crippen LogP contribution in [0, 0.1) is 0 Å². The largest absolute Gasteiger partial charge is 0.497 e. The number of amides is 1. The Morgan fingerprint density at radius 3 is 2.16 bits per heavy atom. The zero-order chi connectivity index (χ0) is 22.5. The third-order valence-electron chi connectivity index (χ3n) is 5.15. The molecular formula is C25H25NO5. The van der Waals surface area contributed by atoms with Gasteiger partial charge in [-0.1, -0.05) is 24.3 Å². The average Bonchev–Trinajstić information content (AvgIpc) is 2.77. The van der Waals surface area contributed by atoms with E-state index in [4.69, 9.17) is 9.47 Å². The van der Waals surface area contributed by atoms with Crippen molar-refractivity contribution in [2.24, 2.45) is 0 Å². The molecule has 6 heteroatoms. The summed E-state index contributed by atoms with van der Waals surface area (Å²) in [6, 6.07) is 18.0. The number of carbonyl (C=O) groups is 3. The van der Waals surface area contributed by atoms with Crippen LogP contribution in [-0.2, 0) is 14.3 Å². The van der Waals surface area contributed by atoms with Crippen molar-refractivity contribution in [2.75, 3.05) is 12.4 Å². The second kappa shape index (κ2) is 9.43. The first-order valence-electron chi connectivity index (χ1n) is 9.98. The standard InChI is InChI=1S/C25H25NO5/c1-15(19-5-6-21-14-23(30-4)12-9-20(21)13-19)25(29)31-17(3)24(28)26-22-10-7-18(8-11-22)16(2)27/h5-15,17H,1-4H3,(H,26,28)/t15-,17+/m0/s1. The molecule has 0 bridgehead atoms. The van der Waals surface area contributed by atoms with Crippen LogP contribution in [0.4, 0.5) is 5.69 Å². The second-order valence-electron chi connectivity index (χ2n) is 7.40. The van der Waals surface area contributed by atoms with E-state index in [0.717, 1.165) is 22.1 Å². The molecule has 3 rings (SSSR count). The van der Waals surface area contributed by atoms with Crippen molar-refractivity contribution in [3.63, 3.8) is 0 Å². The topological polar surface area (TPSA) is 81.7 Å². The number of esters is 1. The van der Waals surface area contributed by atoms with Gasteiger partial charge in [0.25, 0.3) is 5.91 Å². The fourth-order valence-electron chi connectivity index (χ4n) is 3.14. The van der Waals surface area contributed by atoms with Crippen LogP contribution in [0.25, 0.3) is 10.8 Å². The maximum atomic E-state index is 12.6. The Labute approximate surface area is 181 Å². The monoisotopic (exact) mass is 419 g/mol. The first-order valence-corrected chi connectivity index (χ1v) is 9.98. The summed E-state index contributed by atoms with van der Waals surface area (Å²) in [6.07, 6.45) is -0.966. The minimum Gasteiger partial charge on any atom is -0.497 e. The van der Waals surface area contributed by atoms with E-state index in [-0.39, 0.29) is 5.78 Å². The number of nitrogens with one attached hydrogen (secondary N) is 1. The van der Waals surface area contributed by atoms with E-state index in [1.807, 2.05) is 36.4 Å². The SMILES string of the molecule is COc1ccc2cc([C@H](C)C(=O)O[C@H](C)C(=O)Nc3ccc(C(C)=O)cc3)ccc2c1. The Morgan fingerprint density at radius 1 is 0.871 bits per heavy atom. The molecule has 0 saturated carbocycles. The van der Waals surface area contributed by atoms with E-state index in [9.17, 15) is 14.4 Å². The lowest BCUT2D eigenvalue weighted by molar-refractivity contribution is -0.154. The zero-order valence-electron chi connectivity index (χ0n) is 18.0. The summed E-state index contributed by atoms with van der Waals surface area (Å²) in [5.74, 6) is -0.744. The molecule has 1 amide bonds. The predicted octanol–water partition coefficient (Wildman–Crippen LogP) is 4.72. The smallest absolute Gasteiger partial charge is 0.313 e. The van der Waals surface area contributed by atoms with Crippen LogP contribution in [0.3, 0.4) is 0 Å². The summed E-state index contributed by atoms with van der Waals surface area (Å²) in [5, 5.41) is 4.68. The molecule has 0 aromatic heterocycles. The van der Waals surface area contributed by atoms with E-state index in [0.29, 0.717) is 11.3 Å². The van der Waals surface area contributed by atoms with Gasteiger partial charge in [-0.15, -0.1) is 0 Å². The van der Waals surface area contributed by atoms with Crippen LogP contribution in [0.15, 0.2) is 60.7 Å². The Hall–Kier alpha value is -3.67. The predicted molar refractivity (Wildman–Crippen MR) is 120 cm³/mol. The molecule has 3 aromatic rings. The van der Waals surface area contributed by atoms with Crippen molar-refractivity contribution in [3.8, 4) is 5.75 Å². The van der Waals surface area contributed by atoms with Crippen LogP contribution in [-0.4, -0.2) is 30.9 Å². The molecule has 2 atom stereocenters. The van der Waals surface area contributed by atoms with Gasteiger partial charge in [-0.2, -0.15) is 0 Å². The number of methoxy groups -OCH3 is 1. The highest BCUT2D eigenvalue weighted by Gasteiger charge is 2.23. The summed E-state index contributed by atoms with van der Waals surface area (Å²) < 4.78 is 10.6. The van der Waals surface area contributed by atoms with Gasteiger partial charge in [0.15, 0.2) is 11.9 Å². The molecule has 0 aliphatic rings. The first kappa shape index (κ1) is 22.0. The molecule has 0 radical (unpaired) electrons. The molecular weight excluding hydrogens is 394 g/mol. The summed E-state index contributed by atoms with van der Waals surface area (Å²) in [4.78, 5) is 36.3. The third kappa shape index (κ3) is 5.28. The van der Waals surface area contributed by atoms with Gasteiger partial charge in [-0.3, -0.25) is 14.4 Å². The summed E-state index contributed by atoms with van der Waals surface area (Å²) >= 11 is 0. The number of hydrogen-bond acceptors (Lipinski definition) is 5. The van der Waals surface area contributed by atoms with Crippen molar-refractivity contribution in [1.82, 2.24) is 0 Å². The van der Waals surface area contributed by atoms with Gasteiger partial charge in [-0.25, -0.2) is 0 Å². The van der Waals surface area contributed by atoms with Gasteiger partial charge in [0.05, 0.1) is 13.0 Å². The Bertz CT molecular complexity index is 1120. The van der Waals surface area contributed by atoms with E-state index in [1.165, 1.54) is 13.8 Å². The lowest BCUT2D eigenvalue weighted by Gasteiger charge is -2.17. The average molecular weight is 419 g/mol. The summed E-state index contributed by atoms with van der Waals surface area (Å²) in [5.41, 5.74) is 1.88. The highest BCUT2D eigenvalue weighted by Crippen LogP contribution is 2.26. The number of rotatable bonds is 7. The van der Waals surface area contributed by atoms with Gasteiger partial charge in [0.2, 0.25) is 0 Å². The lowest BCUT2D eigenvalue weighted by Crippen LogP contribution is -2.31. The summed E-state index contributed by atoms with van der Waals surface area (Å²) in [6.45, 7) is 4.75. The Kier molecular flexibility index (Phi) is 6.70. The molecule has 1 N–H and O–H groups in total. The van der Waals surface area contributed by atoms with Gasteiger partial charge in [-0.05, 0) is 73.5 Å². The third-order valence-corrected chi connectivity index (χ3v) is 5.15. The molecule has 0 aliphatic carbocycles. The first-order chi connectivity index (χ1) is 14.8.